The largest absolute Gasteiger partial charge is 0.475 e. The standard InChI is InChI=1S/C11H9NO4S/c1-5-10(17-6(2)12-5)9(13)7-3-4-8(16-7)11(14)15/h3-4H,1-2H3,(H,14,15). The van der Waals surface area contributed by atoms with E-state index in [0.29, 0.717) is 10.6 Å². The zero-order valence-corrected chi connectivity index (χ0v) is 10.00. The normalized spacial score (nSPS) is 10.5. The molecule has 0 amide bonds. The van der Waals surface area contributed by atoms with Gasteiger partial charge < -0.3 is 9.52 Å². The number of carboxylic acids is 1. The average molecular weight is 251 g/mol. The first-order valence-electron chi connectivity index (χ1n) is 4.81. The van der Waals surface area contributed by atoms with Gasteiger partial charge in [0.15, 0.2) is 5.76 Å². The lowest BCUT2D eigenvalue weighted by Crippen LogP contribution is -1.99. The first kappa shape index (κ1) is 11.5. The third-order valence-corrected chi connectivity index (χ3v) is 3.22. The average Bonchev–Trinajstić information content (AvgIpc) is 2.84. The van der Waals surface area contributed by atoms with Crippen LogP contribution in [0.4, 0.5) is 0 Å². The summed E-state index contributed by atoms with van der Waals surface area (Å²) in [5.41, 5.74) is 0.630. The highest BCUT2D eigenvalue weighted by molar-refractivity contribution is 7.13. The van der Waals surface area contributed by atoms with Crippen molar-refractivity contribution in [2.75, 3.05) is 0 Å². The summed E-state index contributed by atoms with van der Waals surface area (Å²) >= 11 is 1.27. The molecular weight excluding hydrogens is 242 g/mol. The van der Waals surface area contributed by atoms with Gasteiger partial charge in [-0.3, -0.25) is 4.79 Å². The number of aryl methyl sites for hydroxylation is 2. The van der Waals surface area contributed by atoms with Gasteiger partial charge in [0.1, 0.15) is 4.88 Å². The number of thiazole rings is 1. The number of aromatic carboxylic acids is 1. The van der Waals surface area contributed by atoms with E-state index in [0.717, 1.165) is 5.01 Å². The number of hydrogen-bond acceptors (Lipinski definition) is 5. The summed E-state index contributed by atoms with van der Waals surface area (Å²) in [6, 6.07) is 2.62. The second-order valence-electron chi connectivity index (χ2n) is 3.45. The molecule has 0 aliphatic heterocycles. The number of ketones is 1. The number of carbonyl (C=O) groups is 2. The number of aromatic nitrogens is 1. The number of furan rings is 1. The summed E-state index contributed by atoms with van der Waals surface area (Å²) in [5.74, 6) is -1.75. The van der Waals surface area contributed by atoms with Crippen molar-refractivity contribution >= 4 is 23.1 Å². The molecule has 2 rings (SSSR count). The minimum atomic E-state index is -1.19. The van der Waals surface area contributed by atoms with Crippen LogP contribution in [0.5, 0.6) is 0 Å². The lowest BCUT2D eigenvalue weighted by Gasteiger charge is -1.93. The van der Waals surface area contributed by atoms with Crippen LogP contribution >= 0.6 is 11.3 Å². The zero-order chi connectivity index (χ0) is 12.6. The number of carboxylic acid groups (broad SMARTS) is 1. The maximum Gasteiger partial charge on any atom is 0.371 e. The predicted molar refractivity (Wildman–Crippen MR) is 60.7 cm³/mol. The van der Waals surface area contributed by atoms with Gasteiger partial charge >= 0.3 is 5.97 Å². The lowest BCUT2D eigenvalue weighted by atomic mass is 10.2. The molecule has 6 heteroatoms. The fourth-order valence-electron chi connectivity index (χ4n) is 1.43. The first-order valence-corrected chi connectivity index (χ1v) is 5.62. The fourth-order valence-corrected chi connectivity index (χ4v) is 2.29. The molecule has 88 valence electrons. The van der Waals surface area contributed by atoms with Crippen LogP contribution in [0.25, 0.3) is 0 Å². The molecule has 1 N–H and O–H groups in total. The summed E-state index contributed by atoms with van der Waals surface area (Å²) in [6.45, 7) is 3.54. The molecule has 0 aromatic carbocycles. The number of nitrogens with zero attached hydrogens (tertiary/aromatic N) is 1. The van der Waals surface area contributed by atoms with Crippen LogP contribution in [-0.2, 0) is 0 Å². The molecule has 0 aliphatic rings. The molecule has 0 unspecified atom stereocenters. The number of carbonyl (C=O) groups excluding carboxylic acids is 1. The summed E-state index contributed by atoms with van der Waals surface area (Å²) in [6.07, 6.45) is 0. The Morgan fingerprint density at radius 1 is 1.29 bits per heavy atom. The van der Waals surface area contributed by atoms with Crippen LogP contribution in [0.15, 0.2) is 16.5 Å². The van der Waals surface area contributed by atoms with Gasteiger partial charge in [0.05, 0.1) is 10.7 Å². The van der Waals surface area contributed by atoms with Crippen molar-refractivity contribution in [2.45, 2.75) is 13.8 Å². The Hall–Kier alpha value is -1.95. The van der Waals surface area contributed by atoms with Gasteiger partial charge in [0.2, 0.25) is 11.5 Å². The van der Waals surface area contributed by atoms with Gasteiger partial charge in [0, 0.05) is 0 Å². The van der Waals surface area contributed by atoms with E-state index in [1.54, 1.807) is 13.8 Å². The van der Waals surface area contributed by atoms with Crippen LogP contribution in [0.1, 0.15) is 36.7 Å². The van der Waals surface area contributed by atoms with Crippen molar-refractivity contribution in [3.63, 3.8) is 0 Å². The molecule has 0 saturated carbocycles. The van der Waals surface area contributed by atoms with Gasteiger partial charge in [-0.05, 0) is 26.0 Å². The first-order chi connectivity index (χ1) is 7.99. The van der Waals surface area contributed by atoms with E-state index in [2.05, 4.69) is 4.98 Å². The van der Waals surface area contributed by atoms with Gasteiger partial charge in [-0.1, -0.05) is 0 Å². The fraction of sp³-hybridized carbons (Fsp3) is 0.182. The summed E-state index contributed by atoms with van der Waals surface area (Å²) in [7, 11) is 0. The maximum absolute atomic E-state index is 12.0. The summed E-state index contributed by atoms with van der Waals surface area (Å²) < 4.78 is 4.96. The Bertz CT molecular complexity index is 596. The van der Waals surface area contributed by atoms with E-state index in [-0.39, 0.29) is 17.3 Å². The minimum absolute atomic E-state index is 0.0224. The van der Waals surface area contributed by atoms with E-state index >= 15 is 0 Å². The van der Waals surface area contributed by atoms with Gasteiger partial charge in [-0.15, -0.1) is 11.3 Å². The van der Waals surface area contributed by atoms with E-state index in [1.807, 2.05) is 0 Å². The molecule has 0 bridgehead atoms. The Morgan fingerprint density at radius 2 is 1.94 bits per heavy atom. The predicted octanol–water partition coefficient (Wildman–Crippen LogP) is 2.28. The van der Waals surface area contributed by atoms with Crippen LogP contribution in [0.3, 0.4) is 0 Å². The molecule has 2 aromatic rings. The highest BCUT2D eigenvalue weighted by Gasteiger charge is 2.20. The second kappa shape index (κ2) is 4.14. The van der Waals surface area contributed by atoms with Crippen molar-refractivity contribution in [1.29, 1.82) is 0 Å². The molecule has 0 saturated heterocycles. The highest BCUT2D eigenvalue weighted by Crippen LogP contribution is 2.22. The zero-order valence-electron chi connectivity index (χ0n) is 9.18. The maximum atomic E-state index is 12.0. The molecule has 2 aromatic heterocycles. The second-order valence-corrected chi connectivity index (χ2v) is 4.65. The van der Waals surface area contributed by atoms with E-state index in [1.165, 1.54) is 23.5 Å². The van der Waals surface area contributed by atoms with Crippen molar-refractivity contribution in [3.05, 3.63) is 39.2 Å². The van der Waals surface area contributed by atoms with Crippen molar-refractivity contribution in [2.24, 2.45) is 0 Å². The van der Waals surface area contributed by atoms with Crippen molar-refractivity contribution in [1.82, 2.24) is 4.98 Å². The Labute approximate surface area is 101 Å². The van der Waals surface area contributed by atoms with Crippen LogP contribution < -0.4 is 0 Å². The lowest BCUT2D eigenvalue weighted by molar-refractivity contribution is 0.0660. The topological polar surface area (TPSA) is 80.4 Å². The molecule has 0 spiro atoms. The van der Waals surface area contributed by atoms with Gasteiger partial charge in [-0.2, -0.15) is 0 Å². The molecule has 0 fully saturated rings. The van der Waals surface area contributed by atoms with E-state index in [4.69, 9.17) is 9.52 Å². The number of rotatable bonds is 3. The molecular formula is C11H9NO4S. The molecule has 2 heterocycles. The summed E-state index contributed by atoms with van der Waals surface area (Å²) in [5, 5.41) is 9.48. The minimum Gasteiger partial charge on any atom is -0.475 e. The van der Waals surface area contributed by atoms with E-state index < -0.39 is 5.97 Å². The third kappa shape index (κ3) is 2.12. The van der Waals surface area contributed by atoms with Crippen molar-refractivity contribution < 1.29 is 19.1 Å². The number of hydrogen-bond donors (Lipinski definition) is 1. The van der Waals surface area contributed by atoms with Crippen LogP contribution in [0.2, 0.25) is 0 Å². The van der Waals surface area contributed by atoms with Crippen molar-refractivity contribution in [3.8, 4) is 0 Å². The quantitative estimate of drug-likeness (QED) is 0.846. The van der Waals surface area contributed by atoms with E-state index in [9.17, 15) is 9.59 Å². The smallest absolute Gasteiger partial charge is 0.371 e. The molecule has 5 nitrogen and oxygen atoms in total. The highest BCUT2D eigenvalue weighted by atomic mass is 32.1. The van der Waals surface area contributed by atoms with Crippen LogP contribution in [-0.4, -0.2) is 21.8 Å². The third-order valence-electron chi connectivity index (χ3n) is 2.15. The SMILES string of the molecule is Cc1nc(C)c(C(=O)c2ccc(C(=O)O)o2)s1. The Kier molecular flexibility index (Phi) is 2.81. The Balaban J connectivity index is 2.37. The monoisotopic (exact) mass is 251 g/mol. The van der Waals surface area contributed by atoms with Gasteiger partial charge in [-0.25, -0.2) is 9.78 Å². The molecule has 0 aliphatic carbocycles. The van der Waals surface area contributed by atoms with Crippen LogP contribution in [0, 0.1) is 13.8 Å². The molecule has 0 atom stereocenters. The molecule has 17 heavy (non-hydrogen) atoms. The van der Waals surface area contributed by atoms with Gasteiger partial charge in [0.25, 0.3) is 0 Å². The summed E-state index contributed by atoms with van der Waals surface area (Å²) in [4.78, 5) is 27.2. The molecule has 0 radical (unpaired) electrons. The Morgan fingerprint density at radius 3 is 2.41 bits per heavy atom.